The number of aliphatic hydroxyl groups excluding tert-OH is 1. The number of hydrogen-bond donors (Lipinski definition) is 4. The Balaban J connectivity index is 2.74. The van der Waals surface area contributed by atoms with Crippen LogP contribution >= 0.6 is 0 Å². The van der Waals surface area contributed by atoms with Gasteiger partial charge in [-0.1, -0.05) is 0 Å². The number of anilines is 3. The molecule has 0 aliphatic carbocycles. The van der Waals surface area contributed by atoms with Crippen LogP contribution in [0.1, 0.15) is 0 Å². The Morgan fingerprint density at radius 2 is 2.19 bits per heavy atom. The van der Waals surface area contributed by atoms with Crippen LogP contribution < -0.4 is 16.4 Å². The molecule has 1 unspecified atom stereocenters. The zero-order valence-electron chi connectivity index (χ0n) is 9.40. The third-order valence-corrected chi connectivity index (χ3v) is 1.94. The number of rotatable bonds is 6. The molecule has 1 atom stereocenters. The average molecular weight is 227 g/mol. The first-order chi connectivity index (χ1) is 7.69. The van der Waals surface area contributed by atoms with Crippen LogP contribution in [0.4, 0.5) is 17.6 Å². The SMILES string of the molecule is CNc1cc(NC(CO)COC)nc(N)n1. The lowest BCUT2D eigenvalue weighted by molar-refractivity contribution is 0.153. The summed E-state index contributed by atoms with van der Waals surface area (Å²) in [6, 6.07) is 1.48. The van der Waals surface area contributed by atoms with Gasteiger partial charge in [0.15, 0.2) is 0 Å². The molecule has 5 N–H and O–H groups in total. The summed E-state index contributed by atoms with van der Waals surface area (Å²) in [6.07, 6.45) is 0. The fraction of sp³-hybridized carbons (Fsp3) is 0.556. The number of ether oxygens (including phenoxy) is 1. The summed E-state index contributed by atoms with van der Waals surface area (Å²) in [5.74, 6) is 1.33. The number of nitrogens with zero attached hydrogens (tertiary/aromatic N) is 2. The molecule has 90 valence electrons. The number of aromatic nitrogens is 2. The van der Waals surface area contributed by atoms with Crippen molar-refractivity contribution in [1.29, 1.82) is 0 Å². The summed E-state index contributed by atoms with van der Waals surface area (Å²) >= 11 is 0. The molecule has 0 radical (unpaired) electrons. The lowest BCUT2D eigenvalue weighted by Gasteiger charge is -2.16. The third-order valence-electron chi connectivity index (χ3n) is 1.94. The molecule has 7 nitrogen and oxygen atoms in total. The van der Waals surface area contributed by atoms with Crippen LogP contribution in [0.3, 0.4) is 0 Å². The molecule has 0 spiro atoms. The van der Waals surface area contributed by atoms with E-state index in [9.17, 15) is 0 Å². The smallest absolute Gasteiger partial charge is 0.223 e. The number of nitrogens with one attached hydrogen (secondary N) is 2. The second-order valence-electron chi connectivity index (χ2n) is 3.23. The van der Waals surface area contributed by atoms with Gasteiger partial charge in [-0.2, -0.15) is 9.97 Å². The highest BCUT2D eigenvalue weighted by Crippen LogP contribution is 2.12. The van der Waals surface area contributed by atoms with Crippen molar-refractivity contribution in [3.63, 3.8) is 0 Å². The molecular formula is C9H17N5O2. The molecule has 0 bridgehead atoms. The van der Waals surface area contributed by atoms with E-state index in [0.717, 1.165) is 0 Å². The maximum Gasteiger partial charge on any atom is 0.223 e. The minimum absolute atomic E-state index is 0.0490. The van der Waals surface area contributed by atoms with E-state index in [1.165, 1.54) is 0 Å². The number of methoxy groups -OCH3 is 1. The molecule has 0 aliphatic heterocycles. The monoisotopic (exact) mass is 227 g/mol. The van der Waals surface area contributed by atoms with Crippen LogP contribution in [0.2, 0.25) is 0 Å². The molecule has 0 aliphatic rings. The zero-order valence-corrected chi connectivity index (χ0v) is 9.40. The van der Waals surface area contributed by atoms with E-state index in [1.54, 1.807) is 20.2 Å². The van der Waals surface area contributed by atoms with Gasteiger partial charge in [-0.15, -0.1) is 0 Å². The highest BCUT2D eigenvalue weighted by atomic mass is 16.5. The first-order valence-corrected chi connectivity index (χ1v) is 4.88. The largest absolute Gasteiger partial charge is 0.394 e. The van der Waals surface area contributed by atoms with Crippen molar-refractivity contribution in [3.8, 4) is 0 Å². The van der Waals surface area contributed by atoms with Crippen molar-refractivity contribution in [1.82, 2.24) is 9.97 Å². The summed E-state index contributed by atoms with van der Waals surface area (Å²) in [4.78, 5) is 7.95. The lowest BCUT2D eigenvalue weighted by atomic mass is 10.3. The van der Waals surface area contributed by atoms with Gasteiger partial charge in [0.1, 0.15) is 11.6 Å². The Bertz CT molecular complexity index is 334. The Kier molecular flexibility index (Phi) is 4.74. The highest BCUT2D eigenvalue weighted by Gasteiger charge is 2.08. The highest BCUT2D eigenvalue weighted by molar-refractivity contribution is 5.51. The minimum Gasteiger partial charge on any atom is -0.394 e. The summed E-state index contributed by atoms with van der Waals surface area (Å²) in [5, 5.41) is 14.9. The van der Waals surface area contributed by atoms with E-state index >= 15 is 0 Å². The van der Waals surface area contributed by atoms with Gasteiger partial charge in [-0.25, -0.2) is 0 Å². The van der Waals surface area contributed by atoms with Crippen molar-refractivity contribution >= 4 is 17.6 Å². The van der Waals surface area contributed by atoms with Crippen LogP contribution in [0.25, 0.3) is 0 Å². The standard InChI is InChI=1S/C9H17N5O2/c1-11-7-3-8(14-9(10)13-7)12-6(4-15)5-16-2/h3,6,15H,4-5H2,1-2H3,(H4,10,11,12,13,14). The van der Waals surface area contributed by atoms with Crippen LogP contribution in [0, 0.1) is 0 Å². The van der Waals surface area contributed by atoms with Crippen molar-refractivity contribution in [2.24, 2.45) is 0 Å². The number of aliphatic hydroxyl groups is 1. The second-order valence-corrected chi connectivity index (χ2v) is 3.23. The lowest BCUT2D eigenvalue weighted by Crippen LogP contribution is -2.29. The molecular weight excluding hydrogens is 210 g/mol. The summed E-state index contributed by atoms with van der Waals surface area (Å²) in [7, 11) is 3.31. The van der Waals surface area contributed by atoms with Gasteiger partial charge in [0.05, 0.1) is 19.3 Å². The molecule has 0 aromatic carbocycles. The van der Waals surface area contributed by atoms with Gasteiger partial charge >= 0.3 is 0 Å². The maximum atomic E-state index is 9.08. The van der Waals surface area contributed by atoms with E-state index in [-0.39, 0.29) is 18.6 Å². The summed E-state index contributed by atoms with van der Waals surface area (Å²) < 4.78 is 4.94. The first kappa shape index (κ1) is 12.5. The Labute approximate surface area is 94.0 Å². The van der Waals surface area contributed by atoms with Crippen LogP contribution in [0.15, 0.2) is 6.07 Å². The van der Waals surface area contributed by atoms with Crippen LogP contribution in [0.5, 0.6) is 0 Å². The van der Waals surface area contributed by atoms with E-state index in [1.807, 2.05) is 0 Å². The summed E-state index contributed by atoms with van der Waals surface area (Å²) in [5.41, 5.74) is 5.53. The molecule has 0 fully saturated rings. The third kappa shape index (κ3) is 3.52. The molecule has 0 amide bonds. The Morgan fingerprint density at radius 1 is 1.50 bits per heavy atom. The zero-order chi connectivity index (χ0) is 12.0. The van der Waals surface area contributed by atoms with Gasteiger partial charge in [0, 0.05) is 20.2 Å². The fourth-order valence-corrected chi connectivity index (χ4v) is 1.22. The molecule has 1 aromatic heterocycles. The van der Waals surface area contributed by atoms with Gasteiger partial charge in [0.2, 0.25) is 5.95 Å². The van der Waals surface area contributed by atoms with Gasteiger partial charge in [-0.3, -0.25) is 0 Å². The number of hydrogen-bond acceptors (Lipinski definition) is 7. The van der Waals surface area contributed by atoms with Gasteiger partial charge in [-0.05, 0) is 0 Å². The fourth-order valence-electron chi connectivity index (χ4n) is 1.22. The van der Waals surface area contributed by atoms with Crippen molar-refractivity contribution < 1.29 is 9.84 Å². The predicted molar refractivity (Wildman–Crippen MR) is 62.4 cm³/mol. The molecule has 1 heterocycles. The second kappa shape index (κ2) is 6.09. The Hall–Kier alpha value is -1.60. The van der Waals surface area contributed by atoms with E-state index < -0.39 is 0 Å². The number of nitrogens with two attached hydrogens (primary N) is 1. The quantitative estimate of drug-likeness (QED) is 0.520. The van der Waals surface area contributed by atoms with Gasteiger partial charge < -0.3 is 26.2 Å². The van der Waals surface area contributed by atoms with Crippen molar-refractivity contribution in [2.75, 3.05) is 43.7 Å². The van der Waals surface area contributed by atoms with E-state index in [0.29, 0.717) is 18.2 Å². The minimum atomic E-state index is -0.219. The maximum absolute atomic E-state index is 9.08. The summed E-state index contributed by atoms with van der Waals surface area (Å²) in [6.45, 7) is 0.335. The molecule has 1 rings (SSSR count). The van der Waals surface area contributed by atoms with E-state index in [2.05, 4.69) is 20.6 Å². The molecule has 16 heavy (non-hydrogen) atoms. The van der Waals surface area contributed by atoms with Crippen molar-refractivity contribution in [2.45, 2.75) is 6.04 Å². The number of nitrogen functional groups attached to an aromatic ring is 1. The molecule has 1 aromatic rings. The molecule has 0 saturated carbocycles. The topological polar surface area (TPSA) is 105 Å². The predicted octanol–water partition coefficient (Wildman–Crippen LogP) is -0.480. The molecule has 7 heteroatoms. The first-order valence-electron chi connectivity index (χ1n) is 4.88. The Morgan fingerprint density at radius 3 is 2.75 bits per heavy atom. The molecule has 0 saturated heterocycles. The van der Waals surface area contributed by atoms with Gasteiger partial charge in [0.25, 0.3) is 0 Å². The van der Waals surface area contributed by atoms with Crippen LogP contribution in [-0.2, 0) is 4.74 Å². The van der Waals surface area contributed by atoms with Crippen molar-refractivity contribution in [3.05, 3.63) is 6.07 Å². The van der Waals surface area contributed by atoms with Crippen LogP contribution in [-0.4, -0.2) is 48.5 Å². The van der Waals surface area contributed by atoms with E-state index in [4.69, 9.17) is 15.6 Å². The normalized spacial score (nSPS) is 12.2. The average Bonchev–Trinajstić information content (AvgIpc) is 2.27.